The lowest BCUT2D eigenvalue weighted by atomic mass is 10.2. The number of amides is 1. The molecule has 2 fully saturated rings. The molecule has 0 saturated carbocycles. The van der Waals surface area contributed by atoms with Gasteiger partial charge in [-0.15, -0.1) is 0 Å². The van der Waals surface area contributed by atoms with Gasteiger partial charge in [0.15, 0.2) is 10.8 Å². The van der Waals surface area contributed by atoms with E-state index in [1.165, 1.54) is 0 Å². The summed E-state index contributed by atoms with van der Waals surface area (Å²) in [5.74, 6) is 0.222. The lowest BCUT2D eigenvalue weighted by molar-refractivity contribution is -0.136. The smallest absolute Gasteiger partial charge is 0.245 e. The molecule has 0 N–H and O–H groups in total. The molecule has 2 saturated heterocycles. The van der Waals surface area contributed by atoms with Crippen LogP contribution in [0.3, 0.4) is 0 Å². The maximum atomic E-state index is 12.9. The minimum atomic E-state index is -0.0815. The molecule has 0 spiro atoms. The molecule has 2 aliphatic rings. The summed E-state index contributed by atoms with van der Waals surface area (Å²) in [5, 5.41) is 5.35. The van der Waals surface area contributed by atoms with Crippen LogP contribution in [-0.4, -0.2) is 64.5 Å². The van der Waals surface area contributed by atoms with E-state index in [4.69, 9.17) is 9.72 Å². The van der Waals surface area contributed by atoms with Crippen LogP contribution < -0.4 is 4.90 Å². The molecule has 0 bridgehead atoms. The second-order valence-electron chi connectivity index (χ2n) is 6.15. The second kappa shape index (κ2) is 5.76. The highest BCUT2D eigenvalue weighted by molar-refractivity contribution is 7.22. The molecule has 4 rings (SSSR count). The molecular weight excluding hydrogens is 314 g/mol. The van der Waals surface area contributed by atoms with E-state index in [9.17, 15) is 4.79 Å². The van der Waals surface area contributed by atoms with Gasteiger partial charge in [-0.05, 0) is 19.8 Å². The van der Waals surface area contributed by atoms with E-state index in [1.54, 1.807) is 11.3 Å². The van der Waals surface area contributed by atoms with Gasteiger partial charge in [-0.1, -0.05) is 11.3 Å². The number of hydrogen-bond acceptors (Lipinski definition) is 6. The Bertz CT molecular complexity index is 699. The summed E-state index contributed by atoms with van der Waals surface area (Å²) in [6, 6.07) is -0.0815. The lowest BCUT2D eigenvalue weighted by Gasteiger charge is -2.32. The van der Waals surface area contributed by atoms with E-state index in [0.717, 1.165) is 40.6 Å². The van der Waals surface area contributed by atoms with Gasteiger partial charge in [-0.25, -0.2) is 9.67 Å². The first-order valence-electron chi connectivity index (χ1n) is 8.08. The molecule has 23 heavy (non-hydrogen) atoms. The summed E-state index contributed by atoms with van der Waals surface area (Å²) in [7, 11) is 1.92. The van der Waals surface area contributed by atoms with E-state index in [-0.39, 0.29) is 11.9 Å². The Morgan fingerprint density at radius 1 is 1.30 bits per heavy atom. The van der Waals surface area contributed by atoms with Gasteiger partial charge in [0.05, 0.1) is 23.6 Å². The van der Waals surface area contributed by atoms with Crippen molar-refractivity contribution in [3.8, 4) is 0 Å². The fourth-order valence-electron chi connectivity index (χ4n) is 3.44. The summed E-state index contributed by atoms with van der Waals surface area (Å²) < 4.78 is 8.29. The van der Waals surface area contributed by atoms with E-state index >= 15 is 0 Å². The molecule has 2 aliphatic heterocycles. The molecular formula is C15H21N5O2S. The molecule has 0 aromatic carbocycles. The van der Waals surface area contributed by atoms with E-state index in [1.807, 2.05) is 23.6 Å². The molecule has 2 aromatic rings. The van der Waals surface area contributed by atoms with Crippen molar-refractivity contribution >= 4 is 32.7 Å². The van der Waals surface area contributed by atoms with Crippen molar-refractivity contribution in [1.82, 2.24) is 19.7 Å². The maximum Gasteiger partial charge on any atom is 0.245 e. The largest absolute Gasteiger partial charge is 0.378 e. The third-order valence-corrected chi connectivity index (χ3v) is 5.83. The standard InChI is InChI=1S/C15H21N5O2S/c1-10-12-13(18(2)17-10)16-15(23-12)20-5-3-4-11(20)14(21)19-6-8-22-9-7-19/h11H,3-9H2,1-2H3/t11-/m0/s1. The van der Waals surface area contributed by atoms with E-state index in [2.05, 4.69) is 10.00 Å². The summed E-state index contributed by atoms with van der Waals surface area (Å²) in [5.41, 5.74) is 1.91. The quantitative estimate of drug-likeness (QED) is 0.824. The van der Waals surface area contributed by atoms with Crippen LogP contribution in [0.5, 0.6) is 0 Å². The number of fused-ring (bicyclic) bond motifs is 1. The zero-order valence-electron chi connectivity index (χ0n) is 13.5. The number of thiazole rings is 1. The molecule has 0 aliphatic carbocycles. The van der Waals surface area contributed by atoms with Gasteiger partial charge in [0.2, 0.25) is 5.91 Å². The number of carbonyl (C=O) groups is 1. The fraction of sp³-hybridized carbons (Fsp3) is 0.667. The molecule has 1 amide bonds. The number of aromatic nitrogens is 3. The van der Waals surface area contributed by atoms with Crippen LogP contribution >= 0.6 is 11.3 Å². The van der Waals surface area contributed by atoms with Gasteiger partial charge < -0.3 is 14.5 Å². The Labute approximate surface area is 138 Å². The van der Waals surface area contributed by atoms with Gasteiger partial charge in [-0.3, -0.25) is 4.79 Å². The van der Waals surface area contributed by atoms with Crippen LogP contribution in [0.4, 0.5) is 5.13 Å². The highest BCUT2D eigenvalue weighted by Crippen LogP contribution is 2.35. The number of anilines is 1. The zero-order valence-corrected chi connectivity index (χ0v) is 14.3. The Morgan fingerprint density at radius 2 is 2.09 bits per heavy atom. The first-order valence-corrected chi connectivity index (χ1v) is 8.90. The number of morpholine rings is 1. The Hall–Kier alpha value is -1.67. The molecule has 2 aromatic heterocycles. The van der Waals surface area contributed by atoms with Crippen molar-refractivity contribution in [2.45, 2.75) is 25.8 Å². The summed E-state index contributed by atoms with van der Waals surface area (Å²) >= 11 is 1.65. The van der Waals surface area contributed by atoms with Crippen LogP contribution in [0.15, 0.2) is 0 Å². The van der Waals surface area contributed by atoms with Gasteiger partial charge in [0.25, 0.3) is 0 Å². The first kappa shape index (κ1) is 14.9. The number of ether oxygens (including phenoxy) is 1. The van der Waals surface area contributed by atoms with Crippen LogP contribution in [0, 0.1) is 6.92 Å². The first-order chi connectivity index (χ1) is 11.1. The predicted molar refractivity (Wildman–Crippen MR) is 88.9 cm³/mol. The van der Waals surface area contributed by atoms with Crippen LogP contribution in [-0.2, 0) is 16.6 Å². The van der Waals surface area contributed by atoms with E-state index < -0.39 is 0 Å². The van der Waals surface area contributed by atoms with Crippen molar-refractivity contribution in [3.05, 3.63) is 5.69 Å². The van der Waals surface area contributed by atoms with Crippen molar-refractivity contribution in [3.63, 3.8) is 0 Å². The average molecular weight is 335 g/mol. The highest BCUT2D eigenvalue weighted by Gasteiger charge is 2.36. The minimum Gasteiger partial charge on any atom is -0.378 e. The zero-order chi connectivity index (χ0) is 16.0. The third kappa shape index (κ3) is 2.49. The van der Waals surface area contributed by atoms with Crippen molar-refractivity contribution in [2.75, 3.05) is 37.7 Å². The predicted octanol–water partition coefficient (Wildman–Crippen LogP) is 1.17. The Morgan fingerprint density at radius 3 is 2.83 bits per heavy atom. The lowest BCUT2D eigenvalue weighted by Crippen LogP contribution is -2.49. The monoisotopic (exact) mass is 335 g/mol. The molecule has 8 heteroatoms. The van der Waals surface area contributed by atoms with Crippen LogP contribution in [0.25, 0.3) is 10.3 Å². The molecule has 4 heterocycles. The van der Waals surface area contributed by atoms with E-state index in [0.29, 0.717) is 26.3 Å². The Balaban J connectivity index is 1.61. The maximum absolute atomic E-state index is 12.9. The van der Waals surface area contributed by atoms with Gasteiger partial charge in [0, 0.05) is 26.7 Å². The van der Waals surface area contributed by atoms with Crippen LogP contribution in [0.2, 0.25) is 0 Å². The topological polar surface area (TPSA) is 63.5 Å². The molecule has 0 radical (unpaired) electrons. The van der Waals surface area contributed by atoms with Crippen molar-refractivity contribution in [2.24, 2.45) is 7.05 Å². The van der Waals surface area contributed by atoms with Gasteiger partial charge in [0.1, 0.15) is 6.04 Å². The number of aryl methyl sites for hydroxylation is 2. The highest BCUT2D eigenvalue weighted by atomic mass is 32.1. The van der Waals surface area contributed by atoms with Crippen molar-refractivity contribution < 1.29 is 9.53 Å². The van der Waals surface area contributed by atoms with Crippen LogP contribution in [0.1, 0.15) is 18.5 Å². The minimum absolute atomic E-state index is 0.0815. The van der Waals surface area contributed by atoms with Gasteiger partial charge >= 0.3 is 0 Å². The third-order valence-electron chi connectivity index (χ3n) is 4.64. The molecule has 0 unspecified atom stereocenters. The van der Waals surface area contributed by atoms with Crippen molar-refractivity contribution in [1.29, 1.82) is 0 Å². The fourth-order valence-corrected chi connectivity index (χ4v) is 4.55. The number of carbonyl (C=O) groups excluding carboxylic acids is 1. The number of hydrogen-bond donors (Lipinski definition) is 0. The molecule has 1 atom stereocenters. The summed E-state index contributed by atoms with van der Waals surface area (Å²) in [6.07, 6.45) is 1.94. The normalized spacial score (nSPS) is 22.3. The number of nitrogens with zero attached hydrogens (tertiary/aromatic N) is 5. The summed E-state index contributed by atoms with van der Waals surface area (Å²) in [4.78, 5) is 21.7. The average Bonchev–Trinajstić information content (AvgIpc) is 3.25. The number of rotatable bonds is 2. The Kier molecular flexibility index (Phi) is 3.73. The van der Waals surface area contributed by atoms with Gasteiger partial charge in [-0.2, -0.15) is 5.10 Å². The molecule has 124 valence electrons. The molecule has 7 nitrogen and oxygen atoms in total. The summed E-state index contributed by atoms with van der Waals surface area (Å²) in [6.45, 7) is 5.59. The second-order valence-corrected chi connectivity index (χ2v) is 7.12. The SMILES string of the molecule is Cc1nn(C)c2nc(N3CCC[C@H]3C(=O)N3CCOCC3)sc12.